The number of carbonyl (C=O) groups is 1. The fourth-order valence-electron chi connectivity index (χ4n) is 2.86. The first-order valence-electron chi connectivity index (χ1n) is 7.75. The lowest BCUT2D eigenvalue weighted by atomic mass is 9.97. The molecule has 0 radical (unpaired) electrons. The highest BCUT2D eigenvalue weighted by molar-refractivity contribution is 7.88. The van der Waals surface area contributed by atoms with Gasteiger partial charge in [0.2, 0.25) is 15.9 Å². The van der Waals surface area contributed by atoms with Gasteiger partial charge in [-0.05, 0) is 36.5 Å². The molecule has 1 N–H and O–H groups in total. The lowest BCUT2D eigenvalue weighted by Gasteiger charge is -2.31. The number of amides is 1. The fraction of sp³-hybridized carbons (Fsp3) is 0.562. The van der Waals surface area contributed by atoms with E-state index in [9.17, 15) is 17.6 Å². The van der Waals surface area contributed by atoms with E-state index in [1.165, 1.54) is 22.7 Å². The van der Waals surface area contributed by atoms with E-state index in [2.05, 4.69) is 5.32 Å². The number of rotatable bonds is 5. The summed E-state index contributed by atoms with van der Waals surface area (Å²) in [7, 11) is -3.23. The van der Waals surface area contributed by atoms with Crippen LogP contribution in [0.2, 0.25) is 0 Å². The summed E-state index contributed by atoms with van der Waals surface area (Å²) in [6.45, 7) is 2.70. The van der Waals surface area contributed by atoms with Gasteiger partial charge in [0.05, 0.1) is 6.26 Å². The Morgan fingerprint density at radius 2 is 2.22 bits per heavy atom. The Labute approximate surface area is 136 Å². The molecule has 0 saturated carbocycles. The molecule has 2 atom stereocenters. The van der Waals surface area contributed by atoms with Gasteiger partial charge in [0, 0.05) is 25.6 Å². The van der Waals surface area contributed by atoms with Crippen LogP contribution in [0.3, 0.4) is 0 Å². The lowest BCUT2D eigenvalue weighted by molar-refractivity contribution is -0.122. The number of halogens is 1. The SMILES string of the molecule is CC(CC(=O)NC1CCCN(S(C)(=O)=O)C1)c1cccc(F)c1. The maximum Gasteiger partial charge on any atom is 0.220 e. The van der Waals surface area contributed by atoms with Crippen molar-refractivity contribution in [2.45, 2.75) is 38.1 Å². The van der Waals surface area contributed by atoms with Gasteiger partial charge < -0.3 is 5.32 Å². The predicted molar refractivity (Wildman–Crippen MR) is 87.0 cm³/mol. The van der Waals surface area contributed by atoms with E-state index in [4.69, 9.17) is 0 Å². The Morgan fingerprint density at radius 3 is 2.87 bits per heavy atom. The van der Waals surface area contributed by atoms with Crippen LogP contribution in [-0.2, 0) is 14.8 Å². The molecule has 1 aromatic rings. The third kappa shape index (κ3) is 5.28. The van der Waals surface area contributed by atoms with E-state index in [0.717, 1.165) is 18.4 Å². The number of hydrogen-bond donors (Lipinski definition) is 1. The van der Waals surface area contributed by atoms with Crippen molar-refractivity contribution in [3.63, 3.8) is 0 Å². The minimum Gasteiger partial charge on any atom is -0.352 e. The number of benzene rings is 1. The summed E-state index contributed by atoms with van der Waals surface area (Å²) < 4.78 is 37.8. The molecule has 5 nitrogen and oxygen atoms in total. The van der Waals surface area contributed by atoms with Crippen molar-refractivity contribution in [1.29, 1.82) is 0 Å². The number of piperidine rings is 1. The minimum atomic E-state index is -3.23. The minimum absolute atomic E-state index is 0.0969. The van der Waals surface area contributed by atoms with Crippen LogP contribution in [0.25, 0.3) is 0 Å². The molecule has 128 valence electrons. The molecule has 1 saturated heterocycles. The molecule has 1 fully saturated rings. The van der Waals surface area contributed by atoms with Crippen molar-refractivity contribution >= 4 is 15.9 Å². The molecule has 0 bridgehead atoms. The predicted octanol–water partition coefficient (Wildman–Crippen LogP) is 1.86. The number of nitrogens with zero attached hydrogens (tertiary/aromatic N) is 1. The van der Waals surface area contributed by atoms with Gasteiger partial charge in [0.1, 0.15) is 5.82 Å². The molecule has 1 heterocycles. The van der Waals surface area contributed by atoms with Gasteiger partial charge >= 0.3 is 0 Å². The first kappa shape index (κ1) is 17.9. The van der Waals surface area contributed by atoms with Gasteiger partial charge in [0.25, 0.3) is 0 Å². The fourth-order valence-corrected chi connectivity index (χ4v) is 3.77. The Hall–Kier alpha value is -1.47. The van der Waals surface area contributed by atoms with E-state index in [-0.39, 0.29) is 30.1 Å². The van der Waals surface area contributed by atoms with Crippen molar-refractivity contribution in [3.05, 3.63) is 35.6 Å². The highest BCUT2D eigenvalue weighted by Crippen LogP contribution is 2.20. The molecule has 0 aromatic heterocycles. The number of nitrogens with one attached hydrogen (secondary N) is 1. The summed E-state index contributed by atoms with van der Waals surface area (Å²) in [4.78, 5) is 12.2. The molecule has 1 aliphatic rings. The molecule has 2 rings (SSSR count). The molecule has 7 heteroatoms. The molecule has 2 unspecified atom stereocenters. The standard InChI is InChI=1S/C16H23FN2O3S/c1-12(13-5-3-6-14(17)10-13)9-16(20)18-15-7-4-8-19(11-15)23(2,21)22/h3,5-6,10,12,15H,4,7-9,11H2,1-2H3,(H,18,20). The molecular formula is C16H23FN2O3S. The lowest BCUT2D eigenvalue weighted by Crippen LogP contribution is -2.49. The van der Waals surface area contributed by atoms with Gasteiger partial charge in [-0.3, -0.25) is 4.79 Å². The highest BCUT2D eigenvalue weighted by atomic mass is 32.2. The van der Waals surface area contributed by atoms with Crippen LogP contribution >= 0.6 is 0 Å². The summed E-state index contributed by atoms with van der Waals surface area (Å²) in [5.74, 6) is -0.548. The zero-order valence-corrected chi connectivity index (χ0v) is 14.3. The van der Waals surface area contributed by atoms with Gasteiger partial charge in [0.15, 0.2) is 0 Å². The van der Waals surface area contributed by atoms with Gasteiger partial charge in [-0.25, -0.2) is 17.1 Å². The maximum absolute atomic E-state index is 13.2. The third-order valence-corrected chi connectivity index (χ3v) is 5.40. The van der Waals surface area contributed by atoms with Gasteiger partial charge in [-0.15, -0.1) is 0 Å². The first-order valence-corrected chi connectivity index (χ1v) is 9.60. The summed E-state index contributed by atoms with van der Waals surface area (Å²) in [5.41, 5.74) is 0.779. The second kappa shape index (κ2) is 7.40. The summed E-state index contributed by atoms with van der Waals surface area (Å²) >= 11 is 0. The Kier molecular flexibility index (Phi) is 5.75. The van der Waals surface area contributed by atoms with Crippen molar-refractivity contribution < 1.29 is 17.6 Å². The molecular weight excluding hydrogens is 319 g/mol. The zero-order valence-electron chi connectivity index (χ0n) is 13.5. The quantitative estimate of drug-likeness (QED) is 0.888. The number of hydrogen-bond acceptors (Lipinski definition) is 3. The molecule has 0 aliphatic carbocycles. The smallest absolute Gasteiger partial charge is 0.220 e. The van der Waals surface area contributed by atoms with E-state index in [1.54, 1.807) is 12.1 Å². The van der Waals surface area contributed by atoms with E-state index >= 15 is 0 Å². The van der Waals surface area contributed by atoms with Crippen LogP contribution in [-0.4, -0.2) is 44.0 Å². The molecule has 1 aromatic carbocycles. The summed E-state index contributed by atoms with van der Waals surface area (Å²) in [6.07, 6.45) is 2.94. The number of sulfonamides is 1. The van der Waals surface area contributed by atoms with Gasteiger partial charge in [-0.1, -0.05) is 19.1 Å². The third-order valence-electron chi connectivity index (χ3n) is 4.13. The molecule has 0 spiro atoms. The van der Waals surface area contributed by atoms with Crippen LogP contribution in [0.15, 0.2) is 24.3 Å². The second-order valence-corrected chi connectivity index (χ2v) is 8.17. The van der Waals surface area contributed by atoms with Crippen LogP contribution in [0.4, 0.5) is 4.39 Å². The maximum atomic E-state index is 13.2. The van der Waals surface area contributed by atoms with Crippen molar-refractivity contribution in [2.75, 3.05) is 19.3 Å². The monoisotopic (exact) mass is 342 g/mol. The van der Waals surface area contributed by atoms with E-state index in [1.807, 2.05) is 6.92 Å². The Morgan fingerprint density at radius 1 is 1.48 bits per heavy atom. The second-order valence-electron chi connectivity index (χ2n) is 6.19. The zero-order chi connectivity index (χ0) is 17.0. The largest absolute Gasteiger partial charge is 0.352 e. The van der Waals surface area contributed by atoms with Crippen molar-refractivity contribution in [1.82, 2.24) is 9.62 Å². The van der Waals surface area contributed by atoms with Crippen LogP contribution in [0, 0.1) is 5.82 Å². The topological polar surface area (TPSA) is 66.5 Å². The van der Waals surface area contributed by atoms with Crippen LogP contribution in [0.5, 0.6) is 0 Å². The average molecular weight is 342 g/mol. The number of carbonyl (C=O) groups excluding carboxylic acids is 1. The van der Waals surface area contributed by atoms with Crippen molar-refractivity contribution in [2.24, 2.45) is 0 Å². The van der Waals surface area contributed by atoms with Gasteiger partial charge in [-0.2, -0.15) is 0 Å². The highest BCUT2D eigenvalue weighted by Gasteiger charge is 2.27. The van der Waals surface area contributed by atoms with E-state index < -0.39 is 10.0 Å². The molecule has 23 heavy (non-hydrogen) atoms. The molecule has 1 amide bonds. The average Bonchev–Trinajstić information content (AvgIpc) is 2.46. The van der Waals surface area contributed by atoms with E-state index in [0.29, 0.717) is 13.1 Å². The Balaban J connectivity index is 1.89. The first-order chi connectivity index (χ1) is 10.8. The van der Waals surface area contributed by atoms with Crippen LogP contribution in [0.1, 0.15) is 37.7 Å². The Bertz CT molecular complexity index is 663. The summed E-state index contributed by atoms with van der Waals surface area (Å²) in [6, 6.07) is 6.07. The molecule has 1 aliphatic heterocycles. The summed E-state index contributed by atoms with van der Waals surface area (Å²) in [5, 5.41) is 2.90. The normalized spacial score (nSPS) is 20.9. The van der Waals surface area contributed by atoms with Crippen LogP contribution < -0.4 is 5.32 Å². The van der Waals surface area contributed by atoms with Crippen molar-refractivity contribution in [3.8, 4) is 0 Å².